The lowest BCUT2D eigenvalue weighted by molar-refractivity contribution is 0.403. The van der Waals surface area contributed by atoms with Gasteiger partial charge in [0, 0.05) is 17.6 Å². The second-order valence-corrected chi connectivity index (χ2v) is 4.36. The van der Waals surface area contributed by atoms with Crippen LogP contribution >= 0.6 is 0 Å². The van der Waals surface area contributed by atoms with Crippen LogP contribution in [0.4, 0.5) is 5.69 Å². The molecule has 1 aliphatic carbocycles. The third-order valence-electron chi connectivity index (χ3n) is 3.30. The molecule has 0 saturated heterocycles. The molecule has 1 saturated carbocycles. The van der Waals surface area contributed by atoms with Crippen molar-refractivity contribution in [3.05, 3.63) is 26.0 Å². The lowest BCUT2D eigenvalue weighted by Crippen LogP contribution is -2.47. The van der Waals surface area contributed by atoms with E-state index in [0.717, 1.165) is 25.7 Å². The van der Waals surface area contributed by atoms with Crippen molar-refractivity contribution in [1.82, 2.24) is 0 Å². The van der Waals surface area contributed by atoms with Crippen LogP contribution in [0.3, 0.4) is 0 Å². The van der Waals surface area contributed by atoms with Crippen LogP contribution in [0.5, 0.6) is 0 Å². The molecule has 82 valence electrons. The van der Waals surface area contributed by atoms with Crippen molar-refractivity contribution in [2.24, 2.45) is 5.73 Å². The Hall–Kier alpha value is -1.16. The number of nitrogens with one attached hydrogen (secondary N) is 1. The monoisotopic (exact) mass is 208 g/mol. The van der Waals surface area contributed by atoms with Crippen LogP contribution < -0.4 is 21.9 Å². The molecule has 2 atom stereocenters. The zero-order valence-corrected chi connectivity index (χ0v) is 8.88. The molecular weight excluding hydrogens is 192 g/mol. The zero-order chi connectivity index (χ0) is 11.0. The Labute approximate surface area is 88.2 Å². The minimum absolute atomic E-state index is 0.0996. The van der Waals surface area contributed by atoms with E-state index in [9.17, 15) is 9.59 Å². The Morgan fingerprint density at radius 2 is 1.87 bits per heavy atom. The van der Waals surface area contributed by atoms with Gasteiger partial charge in [-0.1, -0.05) is 12.8 Å². The summed E-state index contributed by atoms with van der Waals surface area (Å²) in [4.78, 5) is 22.3. The molecule has 0 aromatic heterocycles. The first-order chi connectivity index (χ1) is 7.11. The fourth-order valence-electron chi connectivity index (χ4n) is 2.20. The molecule has 0 heterocycles. The average molecular weight is 208 g/mol. The quantitative estimate of drug-likeness (QED) is 0.684. The minimum atomic E-state index is -0.384. The van der Waals surface area contributed by atoms with Gasteiger partial charge in [0.25, 0.3) is 0 Å². The van der Waals surface area contributed by atoms with E-state index in [1.165, 1.54) is 0 Å². The topological polar surface area (TPSA) is 72.2 Å². The maximum Gasteiger partial charge on any atom is 0.249 e. The molecule has 1 aliphatic rings. The minimum Gasteiger partial charge on any atom is -0.377 e. The number of rotatable bonds is 2. The average Bonchev–Trinajstić information content (AvgIpc) is 2.26. The molecule has 0 aliphatic heterocycles. The van der Waals surface area contributed by atoms with E-state index in [0.29, 0.717) is 11.3 Å². The molecule has 0 spiro atoms. The summed E-state index contributed by atoms with van der Waals surface area (Å²) in [5, 5.41) is 3.12. The Kier molecular flexibility index (Phi) is 2.61. The summed E-state index contributed by atoms with van der Waals surface area (Å²) in [6.45, 7) is 1.68. The number of nitrogens with two attached hydrogens (primary N) is 1. The van der Waals surface area contributed by atoms with Crippen LogP contribution in [0, 0.1) is 6.92 Å². The van der Waals surface area contributed by atoms with Crippen LogP contribution in [0.15, 0.2) is 9.59 Å². The molecule has 4 heteroatoms. The zero-order valence-electron chi connectivity index (χ0n) is 8.88. The Bertz CT molecular complexity index is 432. The molecule has 0 bridgehead atoms. The van der Waals surface area contributed by atoms with Crippen molar-refractivity contribution < 1.29 is 0 Å². The van der Waals surface area contributed by atoms with E-state index in [1.54, 1.807) is 6.92 Å². The predicted octanol–water partition coefficient (Wildman–Crippen LogP) is 0.273. The van der Waals surface area contributed by atoms with Gasteiger partial charge in [-0.2, -0.15) is 0 Å². The highest BCUT2D eigenvalue weighted by Gasteiger charge is 2.25. The van der Waals surface area contributed by atoms with E-state index in [1.807, 2.05) is 0 Å². The second-order valence-electron chi connectivity index (χ2n) is 4.36. The summed E-state index contributed by atoms with van der Waals surface area (Å²) in [5.74, 6) is 0. The van der Waals surface area contributed by atoms with Crippen molar-refractivity contribution >= 4 is 5.69 Å². The maximum absolute atomic E-state index is 11.2. The van der Waals surface area contributed by atoms with Crippen LogP contribution in [0.2, 0.25) is 0 Å². The van der Waals surface area contributed by atoms with Crippen LogP contribution in [0.1, 0.15) is 31.2 Å². The van der Waals surface area contributed by atoms with Gasteiger partial charge in [-0.15, -0.1) is 0 Å². The molecule has 0 radical (unpaired) electrons. The number of hydrogen-bond donors (Lipinski definition) is 2. The highest BCUT2D eigenvalue weighted by molar-refractivity contribution is 5.56. The Morgan fingerprint density at radius 1 is 1.20 bits per heavy atom. The predicted molar refractivity (Wildman–Crippen MR) is 59.9 cm³/mol. The third-order valence-corrected chi connectivity index (χ3v) is 3.30. The third kappa shape index (κ3) is 1.69. The van der Waals surface area contributed by atoms with Crippen LogP contribution in [-0.2, 0) is 0 Å². The van der Waals surface area contributed by atoms with Gasteiger partial charge < -0.3 is 11.1 Å². The standard InChI is InChI=1S/C11H16N2O2/c1-6-9(11(15)10(6)14)13-8-5-3-2-4-7(8)12/h7-8,13H,2-5,12H2,1H3/t7-,8-/m0/s1. The van der Waals surface area contributed by atoms with Gasteiger partial charge in [0.1, 0.15) is 0 Å². The van der Waals surface area contributed by atoms with Crippen LogP contribution in [0.25, 0.3) is 0 Å². The first kappa shape index (κ1) is 10.4. The van der Waals surface area contributed by atoms with Crippen molar-refractivity contribution in [2.75, 3.05) is 5.32 Å². The summed E-state index contributed by atoms with van der Waals surface area (Å²) in [6.07, 6.45) is 4.27. The van der Waals surface area contributed by atoms with E-state index < -0.39 is 0 Å². The first-order valence-corrected chi connectivity index (χ1v) is 5.43. The van der Waals surface area contributed by atoms with Crippen molar-refractivity contribution in [3.8, 4) is 0 Å². The fraction of sp³-hybridized carbons (Fsp3) is 0.636. The first-order valence-electron chi connectivity index (χ1n) is 5.43. The van der Waals surface area contributed by atoms with Gasteiger partial charge >= 0.3 is 0 Å². The summed E-state index contributed by atoms with van der Waals surface area (Å²) < 4.78 is 0. The summed E-state index contributed by atoms with van der Waals surface area (Å²) in [6, 6.07) is 0.253. The molecule has 0 amide bonds. The van der Waals surface area contributed by atoms with Crippen molar-refractivity contribution in [2.45, 2.75) is 44.7 Å². The van der Waals surface area contributed by atoms with Gasteiger partial charge in [0.15, 0.2) is 0 Å². The second kappa shape index (κ2) is 3.77. The van der Waals surface area contributed by atoms with Gasteiger partial charge in [-0.3, -0.25) is 9.59 Å². The maximum atomic E-state index is 11.2. The number of hydrogen-bond acceptors (Lipinski definition) is 4. The van der Waals surface area contributed by atoms with Gasteiger partial charge in [0.05, 0.1) is 5.69 Å². The van der Waals surface area contributed by atoms with Gasteiger partial charge in [0.2, 0.25) is 10.9 Å². The summed E-state index contributed by atoms with van der Waals surface area (Å²) >= 11 is 0. The largest absolute Gasteiger partial charge is 0.377 e. The number of anilines is 1. The van der Waals surface area contributed by atoms with E-state index in [-0.39, 0.29) is 22.9 Å². The normalized spacial score (nSPS) is 26.8. The molecule has 1 aromatic rings. The molecule has 1 aromatic carbocycles. The van der Waals surface area contributed by atoms with E-state index in [4.69, 9.17) is 5.73 Å². The van der Waals surface area contributed by atoms with Gasteiger partial charge in [-0.25, -0.2) is 0 Å². The lowest BCUT2D eigenvalue weighted by Gasteiger charge is -2.30. The SMILES string of the molecule is Cc1c(N[C@H]2CCCC[C@@H]2N)c(=O)c1=O. The molecule has 3 N–H and O–H groups in total. The fourth-order valence-corrected chi connectivity index (χ4v) is 2.20. The van der Waals surface area contributed by atoms with Crippen LogP contribution in [-0.4, -0.2) is 12.1 Å². The Morgan fingerprint density at radius 3 is 2.47 bits per heavy atom. The van der Waals surface area contributed by atoms with Crippen molar-refractivity contribution in [1.29, 1.82) is 0 Å². The summed E-state index contributed by atoms with van der Waals surface area (Å²) in [7, 11) is 0. The highest BCUT2D eigenvalue weighted by atomic mass is 16.2. The van der Waals surface area contributed by atoms with Gasteiger partial charge in [-0.05, 0) is 19.8 Å². The molecule has 1 fully saturated rings. The molecular formula is C11H16N2O2. The van der Waals surface area contributed by atoms with E-state index >= 15 is 0 Å². The molecule has 0 unspecified atom stereocenters. The molecule has 2 rings (SSSR count). The Balaban J connectivity index is 2.09. The smallest absolute Gasteiger partial charge is 0.249 e. The molecule has 4 nitrogen and oxygen atoms in total. The molecule has 15 heavy (non-hydrogen) atoms. The lowest BCUT2D eigenvalue weighted by atomic mass is 9.90. The van der Waals surface area contributed by atoms with E-state index in [2.05, 4.69) is 5.32 Å². The van der Waals surface area contributed by atoms with Crippen molar-refractivity contribution in [3.63, 3.8) is 0 Å². The summed E-state index contributed by atoms with van der Waals surface area (Å²) in [5.41, 5.74) is 6.25. The highest BCUT2D eigenvalue weighted by Crippen LogP contribution is 2.20.